The van der Waals surface area contributed by atoms with Crippen LogP contribution in [0, 0.1) is 0 Å². The van der Waals surface area contributed by atoms with Gasteiger partial charge in [-0.3, -0.25) is 0 Å². The second-order valence-corrected chi connectivity index (χ2v) is 10.8. The van der Waals surface area contributed by atoms with Crippen LogP contribution in [0.4, 0.5) is 22.7 Å². The fraction of sp³-hybridized carbons (Fsp3) is 0.586. The van der Waals surface area contributed by atoms with Crippen molar-refractivity contribution in [2.75, 3.05) is 22.6 Å². The third-order valence-corrected chi connectivity index (χ3v) is 8.54. The number of rotatable bonds is 6. The normalized spacial score (nSPS) is 28.8. The zero-order chi connectivity index (χ0) is 23.1. The molecule has 32 heavy (non-hydrogen) atoms. The molecule has 0 saturated heterocycles. The highest BCUT2D eigenvalue weighted by Crippen LogP contribution is 2.46. The number of anilines is 4. The Hall–Kier alpha value is -2.16. The fourth-order valence-electron chi connectivity index (χ4n) is 5.82. The Kier molecular flexibility index (Phi) is 6.22. The van der Waals surface area contributed by atoms with Gasteiger partial charge in [0.15, 0.2) is 0 Å². The van der Waals surface area contributed by atoms with Gasteiger partial charge in [-0.05, 0) is 112 Å². The van der Waals surface area contributed by atoms with Crippen LogP contribution in [0.25, 0.3) is 0 Å². The monoisotopic (exact) mass is 433 g/mol. The number of nitrogens with zero attached hydrogens (tertiary/aromatic N) is 1. The van der Waals surface area contributed by atoms with Gasteiger partial charge in [-0.15, -0.1) is 0 Å². The lowest BCUT2D eigenvalue weighted by Gasteiger charge is -2.41. The molecule has 3 heteroatoms. The Morgan fingerprint density at radius 3 is 1.50 bits per heavy atom. The molecular formula is C29H43N3. The van der Waals surface area contributed by atoms with Gasteiger partial charge in [0, 0.05) is 40.9 Å². The molecular weight excluding hydrogens is 390 g/mol. The van der Waals surface area contributed by atoms with Gasteiger partial charge in [0.1, 0.15) is 0 Å². The summed E-state index contributed by atoms with van der Waals surface area (Å²) in [4.78, 5) is 2.36. The Bertz CT molecular complexity index is 889. The molecule has 4 rings (SSSR count). The molecule has 2 aromatic rings. The van der Waals surface area contributed by atoms with Gasteiger partial charge in [0.2, 0.25) is 0 Å². The standard InChI is InChI=1S/C29H43N3/c1-8-20-18-28(5,10-3)30-26-14-12-22(16-24(20)26)32(7)23-13-15-27-25(17-23)21(9-2)19-29(6,11-4)31-27/h12-17,20-21,30-31H,8-11,18-19H2,1-7H3. The van der Waals surface area contributed by atoms with Crippen LogP contribution in [0.1, 0.15) is 103 Å². The first-order chi connectivity index (χ1) is 15.2. The van der Waals surface area contributed by atoms with Crippen LogP contribution in [0.2, 0.25) is 0 Å². The van der Waals surface area contributed by atoms with Gasteiger partial charge in [-0.1, -0.05) is 27.7 Å². The van der Waals surface area contributed by atoms with Crippen molar-refractivity contribution in [1.29, 1.82) is 0 Å². The molecule has 2 heterocycles. The van der Waals surface area contributed by atoms with Crippen LogP contribution in [0.3, 0.4) is 0 Å². The van der Waals surface area contributed by atoms with Gasteiger partial charge < -0.3 is 15.5 Å². The first kappa shape index (κ1) is 23.0. The van der Waals surface area contributed by atoms with Crippen molar-refractivity contribution in [3.8, 4) is 0 Å². The van der Waals surface area contributed by atoms with Gasteiger partial charge >= 0.3 is 0 Å². The number of benzene rings is 2. The van der Waals surface area contributed by atoms with E-state index in [4.69, 9.17) is 0 Å². The van der Waals surface area contributed by atoms with E-state index in [1.54, 1.807) is 0 Å². The molecule has 0 spiro atoms. The lowest BCUT2D eigenvalue weighted by Crippen LogP contribution is -2.39. The fourth-order valence-corrected chi connectivity index (χ4v) is 5.82. The summed E-state index contributed by atoms with van der Waals surface area (Å²) in [6.07, 6.45) is 7.11. The Morgan fingerprint density at radius 1 is 0.750 bits per heavy atom. The highest BCUT2D eigenvalue weighted by molar-refractivity contribution is 5.72. The smallest absolute Gasteiger partial charge is 0.0412 e. The third-order valence-electron chi connectivity index (χ3n) is 8.54. The molecule has 4 unspecified atom stereocenters. The zero-order valence-corrected chi connectivity index (χ0v) is 21.3. The molecule has 0 fully saturated rings. The SMILES string of the molecule is CCC1CC(C)(CC)Nc2ccc(N(C)c3ccc4c(c3)C(CC)CC(C)(CC)N4)cc21. The van der Waals surface area contributed by atoms with Gasteiger partial charge in [-0.2, -0.15) is 0 Å². The number of hydrogen-bond donors (Lipinski definition) is 2. The Balaban J connectivity index is 1.66. The van der Waals surface area contributed by atoms with Crippen molar-refractivity contribution < 1.29 is 0 Å². The minimum absolute atomic E-state index is 0.203. The lowest BCUT2D eigenvalue weighted by atomic mass is 9.77. The number of nitrogens with one attached hydrogen (secondary N) is 2. The Labute approximate surface area is 196 Å². The van der Waals surface area contributed by atoms with E-state index in [9.17, 15) is 0 Å². The van der Waals surface area contributed by atoms with Crippen LogP contribution in [-0.4, -0.2) is 18.1 Å². The summed E-state index contributed by atoms with van der Waals surface area (Å²) in [7, 11) is 2.21. The van der Waals surface area contributed by atoms with E-state index in [1.165, 1.54) is 59.6 Å². The van der Waals surface area contributed by atoms with E-state index in [-0.39, 0.29) is 11.1 Å². The second kappa shape index (κ2) is 8.65. The van der Waals surface area contributed by atoms with Gasteiger partial charge in [0.25, 0.3) is 0 Å². The quantitative estimate of drug-likeness (QED) is 0.479. The summed E-state index contributed by atoms with van der Waals surface area (Å²) in [5.74, 6) is 1.24. The van der Waals surface area contributed by atoms with Crippen LogP contribution < -0.4 is 15.5 Å². The summed E-state index contributed by atoms with van der Waals surface area (Å²) < 4.78 is 0. The summed E-state index contributed by atoms with van der Waals surface area (Å²) in [6, 6.07) is 14.0. The molecule has 2 aliphatic rings. The van der Waals surface area contributed by atoms with Gasteiger partial charge in [0.05, 0.1) is 0 Å². The minimum Gasteiger partial charge on any atom is -0.380 e. The molecule has 2 aromatic carbocycles. The highest BCUT2D eigenvalue weighted by atomic mass is 15.1. The third kappa shape index (κ3) is 4.11. The van der Waals surface area contributed by atoms with E-state index in [0.717, 1.165) is 12.8 Å². The van der Waals surface area contributed by atoms with Crippen molar-refractivity contribution in [1.82, 2.24) is 0 Å². The maximum atomic E-state index is 3.83. The molecule has 3 nitrogen and oxygen atoms in total. The first-order valence-corrected chi connectivity index (χ1v) is 12.8. The van der Waals surface area contributed by atoms with Crippen LogP contribution >= 0.6 is 0 Å². The van der Waals surface area contributed by atoms with Crippen molar-refractivity contribution in [3.05, 3.63) is 47.5 Å². The van der Waals surface area contributed by atoms with Crippen LogP contribution in [0.15, 0.2) is 36.4 Å². The molecule has 0 aliphatic carbocycles. The number of hydrogen-bond acceptors (Lipinski definition) is 3. The summed E-state index contributed by atoms with van der Waals surface area (Å²) >= 11 is 0. The maximum Gasteiger partial charge on any atom is 0.0412 e. The molecule has 0 amide bonds. The number of fused-ring (bicyclic) bond motifs is 2. The average Bonchev–Trinajstić information content (AvgIpc) is 2.82. The van der Waals surface area contributed by atoms with E-state index < -0.39 is 0 Å². The maximum absolute atomic E-state index is 3.83. The highest BCUT2D eigenvalue weighted by Gasteiger charge is 2.34. The van der Waals surface area contributed by atoms with E-state index in [1.807, 2.05) is 0 Å². The molecule has 0 bridgehead atoms. The molecule has 174 valence electrons. The topological polar surface area (TPSA) is 27.3 Å². The van der Waals surface area contributed by atoms with Crippen molar-refractivity contribution >= 4 is 22.7 Å². The van der Waals surface area contributed by atoms with Crippen LogP contribution in [0.5, 0.6) is 0 Å². The largest absolute Gasteiger partial charge is 0.380 e. The van der Waals surface area contributed by atoms with E-state index in [0.29, 0.717) is 11.8 Å². The summed E-state index contributed by atoms with van der Waals surface area (Å²) in [6.45, 7) is 14.0. The molecule has 2 N–H and O–H groups in total. The van der Waals surface area contributed by atoms with Crippen molar-refractivity contribution in [2.45, 2.75) is 103 Å². The predicted molar refractivity (Wildman–Crippen MR) is 141 cm³/mol. The minimum atomic E-state index is 0.203. The lowest BCUT2D eigenvalue weighted by molar-refractivity contribution is 0.389. The summed E-state index contributed by atoms with van der Waals surface area (Å²) in [5.41, 5.74) is 8.57. The molecule has 0 saturated carbocycles. The van der Waals surface area contributed by atoms with Gasteiger partial charge in [-0.25, -0.2) is 0 Å². The molecule has 0 radical (unpaired) electrons. The van der Waals surface area contributed by atoms with Crippen molar-refractivity contribution in [3.63, 3.8) is 0 Å². The summed E-state index contributed by atoms with van der Waals surface area (Å²) in [5, 5.41) is 7.67. The first-order valence-electron chi connectivity index (χ1n) is 12.8. The molecule has 2 aliphatic heterocycles. The van der Waals surface area contributed by atoms with E-state index >= 15 is 0 Å². The molecule has 4 atom stereocenters. The zero-order valence-electron chi connectivity index (χ0n) is 21.3. The second-order valence-electron chi connectivity index (χ2n) is 10.8. The van der Waals surface area contributed by atoms with Crippen LogP contribution in [-0.2, 0) is 0 Å². The Morgan fingerprint density at radius 2 is 1.16 bits per heavy atom. The average molecular weight is 434 g/mol. The van der Waals surface area contributed by atoms with Crippen molar-refractivity contribution in [2.24, 2.45) is 0 Å². The molecule has 0 aromatic heterocycles. The van der Waals surface area contributed by atoms with E-state index in [2.05, 4.69) is 101 Å². The predicted octanol–water partition coefficient (Wildman–Crippen LogP) is 8.41.